The summed E-state index contributed by atoms with van der Waals surface area (Å²) < 4.78 is 2.18. The van der Waals surface area contributed by atoms with Crippen LogP contribution in [0, 0.1) is 5.21 Å². The maximum atomic E-state index is 12.0. The fourth-order valence-corrected chi connectivity index (χ4v) is 1.79. The third-order valence-electron chi connectivity index (χ3n) is 2.74. The molecule has 1 aromatic carbocycles. The summed E-state index contributed by atoms with van der Waals surface area (Å²) in [6.45, 7) is 0. The van der Waals surface area contributed by atoms with E-state index in [-0.39, 0.29) is 5.91 Å². The van der Waals surface area contributed by atoms with Crippen LogP contribution in [0.2, 0.25) is 0 Å². The van der Waals surface area contributed by atoms with E-state index in [1.165, 1.54) is 24.5 Å². The van der Waals surface area contributed by atoms with Gasteiger partial charge in [0.25, 0.3) is 5.91 Å². The standard InChI is InChI=1S/C13H10N4O2/c18-13(10-5-7-16(19)8-6-10)15-17-9-14-11-3-1-2-4-12(11)17/h1-9H,(H,15,18). The molecule has 3 aromatic rings. The van der Waals surface area contributed by atoms with Crippen molar-refractivity contribution in [1.82, 2.24) is 9.66 Å². The zero-order valence-corrected chi connectivity index (χ0v) is 9.85. The highest BCUT2D eigenvalue weighted by molar-refractivity contribution is 6.00. The van der Waals surface area contributed by atoms with Crippen LogP contribution in [0.5, 0.6) is 0 Å². The number of hydrogen-bond acceptors (Lipinski definition) is 3. The Kier molecular flexibility index (Phi) is 2.60. The minimum Gasteiger partial charge on any atom is -0.619 e. The van der Waals surface area contributed by atoms with Gasteiger partial charge in [-0.15, -0.1) is 0 Å². The normalized spacial score (nSPS) is 10.5. The third-order valence-corrected chi connectivity index (χ3v) is 2.74. The van der Waals surface area contributed by atoms with Crippen LogP contribution in [0.25, 0.3) is 11.0 Å². The van der Waals surface area contributed by atoms with Gasteiger partial charge < -0.3 is 5.21 Å². The van der Waals surface area contributed by atoms with E-state index in [0.29, 0.717) is 10.3 Å². The van der Waals surface area contributed by atoms with Gasteiger partial charge in [0.05, 0.1) is 16.6 Å². The molecular weight excluding hydrogens is 244 g/mol. The summed E-state index contributed by atoms with van der Waals surface area (Å²) in [5.41, 5.74) is 4.72. The van der Waals surface area contributed by atoms with Crippen LogP contribution in [-0.2, 0) is 0 Å². The molecule has 0 aliphatic carbocycles. The number of carbonyl (C=O) groups excluding carboxylic acids is 1. The van der Waals surface area contributed by atoms with E-state index in [1.54, 1.807) is 11.0 Å². The third kappa shape index (κ3) is 2.11. The van der Waals surface area contributed by atoms with Gasteiger partial charge in [0.15, 0.2) is 12.4 Å². The Morgan fingerprint density at radius 3 is 2.74 bits per heavy atom. The van der Waals surface area contributed by atoms with Crippen molar-refractivity contribution in [2.75, 3.05) is 5.43 Å². The van der Waals surface area contributed by atoms with E-state index in [4.69, 9.17) is 0 Å². The summed E-state index contributed by atoms with van der Waals surface area (Å²) in [4.78, 5) is 16.2. The molecule has 2 aromatic heterocycles. The highest BCUT2D eigenvalue weighted by atomic mass is 16.5. The lowest BCUT2D eigenvalue weighted by molar-refractivity contribution is -0.605. The number of amides is 1. The van der Waals surface area contributed by atoms with Crippen LogP contribution in [0.1, 0.15) is 10.4 Å². The maximum Gasteiger partial charge on any atom is 0.270 e. The van der Waals surface area contributed by atoms with Crippen molar-refractivity contribution in [3.05, 3.63) is 65.9 Å². The number of imidazole rings is 1. The van der Waals surface area contributed by atoms with Gasteiger partial charge in [-0.3, -0.25) is 10.2 Å². The van der Waals surface area contributed by atoms with Crippen LogP contribution in [0.15, 0.2) is 55.1 Å². The Morgan fingerprint density at radius 2 is 1.95 bits per heavy atom. The highest BCUT2D eigenvalue weighted by Gasteiger charge is 2.09. The molecule has 0 spiro atoms. The van der Waals surface area contributed by atoms with E-state index in [1.807, 2.05) is 24.3 Å². The summed E-state index contributed by atoms with van der Waals surface area (Å²) in [7, 11) is 0. The first-order chi connectivity index (χ1) is 9.24. The molecule has 0 aliphatic rings. The Morgan fingerprint density at radius 1 is 1.21 bits per heavy atom. The smallest absolute Gasteiger partial charge is 0.270 e. The van der Waals surface area contributed by atoms with Crippen LogP contribution < -0.4 is 10.2 Å². The van der Waals surface area contributed by atoms with Crippen molar-refractivity contribution >= 4 is 16.9 Å². The second-order valence-electron chi connectivity index (χ2n) is 3.99. The van der Waals surface area contributed by atoms with Gasteiger partial charge in [0.1, 0.15) is 6.33 Å². The Bertz CT molecular complexity index is 734. The SMILES string of the molecule is O=C(Nn1cnc2ccccc21)c1cc[n+]([O-])cc1. The lowest BCUT2D eigenvalue weighted by atomic mass is 10.2. The number of benzene rings is 1. The number of hydrogen-bond donors (Lipinski definition) is 1. The average Bonchev–Trinajstić information content (AvgIpc) is 2.83. The number of nitrogens with one attached hydrogen (secondary N) is 1. The summed E-state index contributed by atoms with van der Waals surface area (Å²) >= 11 is 0. The molecule has 94 valence electrons. The second kappa shape index (κ2) is 4.41. The Balaban J connectivity index is 1.89. The molecule has 19 heavy (non-hydrogen) atoms. The van der Waals surface area contributed by atoms with Crippen LogP contribution >= 0.6 is 0 Å². The monoisotopic (exact) mass is 254 g/mol. The van der Waals surface area contributed by atoms with Gasteiger partial charge in [-0.25, -0.2) is 9.66 Å². The van der Waals surface area contributed by atoms with Gasteiger partial charge in [-0.05, 0) is 12.1 Å². The van der Waals surface area contributed by atoms with Gasteiger partial charge in [0, 0.05) is 12.1 Å². The number of para-hydroxylation sites is 2. The lowest BCUT2D eigenvalue weighted by Gasteiger charge is -2.06. The molecule has 0 atom stereocenters. The molecule has 0 fully saturated rings. The number of carbonyl (C=O) groups is 1. The number of fused-ring (bicyclic) bond motifs is 1. The Hall–Kier alpha value is -2.89. The molecule has 2 heterocycles. The van der Waals surface area contributed by atoms with Gasteiger partial charge in [-0.2, -0.15) is 4.73 Å². The molecule has 6 nitrogen and oxygen atoms in total. The van der Waals surface area contributed by atoms with Crippen LogP contribution in [0.3, 0.4) is 0 Å². The van der Waals surface area contributed by atoms with E-state index in [9.17, 15) is 10.0 Å². The van der Waals surface area contributed by atoms with Crippen molar-refractivity contribution in [2.24, 2.45) is 0 Å². The fourth-order valence-electron chi connectivity index (χ4n) is 1.79. The number of pyridine rings is 1. The average molecular weight is 254 g/mol. The van der Waals surface area contributed by atoms with Crippen LogP contribution in [0.4, 0.5) is 0 Å². The highest BCUT2D eigenvalue weighted by Crippen LogP contribution is 2.10. The van der Waals surface area contributed by atoms with Gasteiger partial charge in [-0.1, -0.05) is 12.1 Å². The molecule has 0 saturated heterocycles. The van der Waals surface area contributed by atoms with E-state index in [0.717, 1.165) is 11.0 Å². The minimum atomic E-state index is -0.302. The van der Waals surface area contributed by atoms with Crippen molar-refractivity contribution in [3.63, 3.8) is 0 Å². The second-order valence-corrected chi connectivity index (χ2v) is 3.99. The summed E-state index contributed by atoms with van der Waals surface area (Å²) in [6, 6.07) is 10.4. The molecule has 1 amide bonds. The van der Waals surface area contributed by atoms with E-state index < -0.39 is 0 Å². The molecule has 0 bridgehead atoms. The topological polar surface area (TPSA) is 73.9 Å². The van der Waals surface area contributed by atoms with Crippen molar-refractivity contribution in [3.8, 4) is 0 Å². The zero-order chi connectivity index (χ0) is 13.2. The fraction of sp³-hybridized carbons (Fsp3) is 0. The molecule has 0 radical (unpaired) electrons. The maximum absolute atomic E-state index is 12.0. The quantitative estimate of drug-likeness (QED) is 0.548. The van der Waals surface area contributed by atoms with Crippen LogP contribution in [-0.4, -0.2) is 15.6 Å². The molecular formula is C13H10N4O2. The molecule has 0 aliphatic heterocycles. The predicted octanol–water partition coefficient (Wildman–Crippen LogP) is 1.05. The first-order valence-electron chi connectivity index (χ1n) is 5.66. The van der Waals surface area contributed by atoms with Crippen molar-refractivity contribution in [2.45, 2.75) is 0 Å². The number of nitrogens with zero attached hydrogens (tertiary/aromatic N) is 3. The van der Waals surface area contributed by atoms with E-state index >= 15 is 0 Å². The molecule has 0 unspecified atom stereocenters. The molecule has 3 rings (SSSR count). The summed E-state index contributed by atoms with van der Waals surface area (Å²) in [6.07, 6.45) is 4.10. The van der Waals surface area contributed by atoms with Crippen molar-refractivity contribution < 1.29 is 9.52 Å². The molecule has 6 heteroatoms. The number of rotatable bonds is 2. The van der Waals surface area contributed by atoms with E-state index in [2.05, 4.69) is 10.4 Å². The summed E-state index contributed by atoms with van der Waals surface area (Å²) in [5.74, 6) is -0.302. The molecule has 1 N–H and O–H groups in total. The molecule has 0 saturated carbocycles. The first-order valence-corrected chi connectivity index (χ1v) is 5.66. The Labute approximate surface area is 108 Å². The van der Waals surface area contributed by atoms with Gasteiger partial charge >= 0.3 is 0 Å². The largest absolute Gasteiger partial charge is 0.619 e. The van der Waals surface area contributed by atoms with Crippen molar-refractivity contribution in [1.29, 1.82) is 0 Å². The predicted molar refractivity (Wildman–Crippen MR) is 68.8 cm³/mol. The van der Waals surface area contributed by atoms with Gasteiger partial charge in [0.2, 0.25) is 0 Å². The number of aromatic nitrogens is 3. The lowest BCUT2D eigenvalue weighted by Crippen LogP contribution is -2.27. The first kappa shape index (κ1) is 11.2. The minimum absolute atomic E-state index is 0.302. The zero-order valence-electron chi connectivity index (χ0n) is 9.85. The summed E-state index contributed by atoms with van der Waals surface area (Å²) in [5, 5.41) is 10.9.